The summed E-state index contributed by atoms with van der Waals surface area (Å²) in [6.07, 6.45) is 2.27. The number of nitrogens with zero attached hydrogens (tertiary/aromatic N) is 2. The number of ether oxygens (including phenoxy) is 2. The molecule has 2 aromatic rings. The fourth-order valence-corrected chi connectivity index (χ4v) is 3.49. The third-order valence-electron chi connectivity index (χ3n) is 3.90. The summed E-state index contributed by atoms with van der Waals surface area (Å²) in [5.74, 6) is 1.57. The standard InChI is InChI=1S/C20H21N3O3S/c1-3-26-17-10-4-14(5-11-17)12-18-19(24)22-20(27-18)23-21-13-15-6-8-16(25-2)9-7-15/h4-11,13,18H,3,12H2,1-2H3,(H,22,23,24)/b21-13-/t18-/m1/s1. The highest BCUT2D eigenvalue weighted by Crippen LogP contribution is 2.24. The monoisotopic (exact) mass is 383 g/mol. The van der Waals surface area contributed by atoms with Gasteiger partial charge in [-0.2, -0.15) is 5.10 Å². The van der Waals surface area contributed by atoms with E-state index in [9.17, 15) is 4.79 Å². The topological polar surface area (TPSA) is 72.3 Å². The highest BCUT2D eigenvalue weighted by Gasteiger charge is 2.30. The van der Waals surface area contributed by atoms with E-state index in [1.807, 2.05) is 55.5 Å². The molecule has 1 amide bonds. The lowest BCUT2D eigenvalue weighted by Crippen LogP contribution is -2.25. The van der Waals surface area contributed by atoms with Gasteiger partial charge in [0.25, 0.3) is 0 Å². The average Bonchev–Trinajstić information content (AvgIpc) is 3.03. The van der Waals surface area contributed by atoms with E-state index in [-0.39, 0.29) is 11.2 Å². The van der Waals surface area contributed by atoms with E-state index in [4.69, 9.17) is 9.47 Å². The predicted octanol–water partition coefficient (Wildman–Crippen LogP) is 3.26. The van der Waals surface area contributed by atoms with Gasteiger partial charge in [-0.1, -0.05) is 23.9 Å². The highest BCUT2D eigenvalue weighted by molar-refractivity contribution is 8.15. The minimum atomic E-state index is -0.210. The Labute approximate surface area is 162 Å². The number of benzene rings is 2. The van der Waals surface area contributed by atoms with E-state index < -0.39 is 0 Å². The first-order valence-corrected chi connectivity index (χ1v) is 9.50. The molecular weight excluding hydrogens is 362 g/mol. The van der Waals surface area contributed by atoms with Gasteiger partial charge in [0.05, 0.1) is 25.2 Å². The molecule has 3 rings (SSSR count). The van der Waals surface area contributed by atoms with Gasteiger partial charge in [-0.25, -0.2) is 0 Å². The Morgan fingerprint density at radius 1 is 1.11 bits per heavy atom. The van der Waals surface area contributed by atoms with Crippen molar-refractivity contribution in [3.63, 3.8) is 0 Å². The summed E-state index contributed by atoms with van der Waals surface area (Å²) < 4.78 is 10.6. The Bertz CT molecular complexity index is 833. The molecule has 1 aliphatic heterocycles. The molecular formula is C20H21N3O3S. The van der Waals surface area contributed by atoms with Crippen LogP contribution in [0.15, 0.2) is 58.7 Å². The number of rotatable bonds is 7. The Kier molecular flexibility index (Phi) is 6.49. The number of thioether (sulfide) groups is 1. The van der Waals surface area contributed by atoms with Crippen LogP contribution in [-0.4, -0.2) is 36.3 Å². The molecule has 7 heteroatoms. The van der Waals surface area contributed by atoms with Crippen LogP contribution in [0.5, 0.6) is 11.5 Å². The van der Waals surface area contributed by atoms with Crippen molar-refractivity contribution in [3.8, 4) is 11.5 Å². The average molecular weight is 383 g/mol. The fourth-order valence-electron chi connectivity index (χ4n) is 2.53. The number of methoxy groups -OCH3 is 1. The van der Waals surface area contributed by atoms with Crippen LogP contribution in [0.1, 0.15) is 18.1 Å². The summed E-state index contributed by atoms with van der Waals surface area (Å²) in [6.45, 7) is 2.59. The Morgan fingerprint density at radius 3 is 2.48 bits per heavy atom. The molecule has 0 bridgehead atoms. The Morgan fingerprint density at radius 2 is 1.81 bits per heavy atom. The van der Waals surface area contributed by atoms with Crippen molar-refractivity contribution in [1.82, 2.24) is 5.32 Å². The van der Waals surface area contributed by atoms with E-state index in [1.54, 1.807) is 13.3 Å². The maximum Gasteiger partial charge on any atom is 0.239 e. The summed E-state index contributed by atoms with van der Waals surface area (Å²) in [6, 6.07) is 15.3. The maximum atomic E-state index is 12.2. The lowest BCUT2D eigenvalue weighted by molar-refractivity contribution is -0.118. The third kappa shape index (κ3) is 5.34. The number of amides is 1. The van der Waals surface area contributed by atoms with Gasteiger partial charge in [0.15, 0.2) is 5.17 Å². The van der Waals surface area contributed by atoms with Crippen molar-refractivity contribution < 1.29 is 14.3 Å². The number of hydrogen-bond acceptors (Lipinski definition) is 6. The number of nitrogens with one attached hydrogen (secondary N) is 1. The highest BCUT2D eigenvalue weighted by atomic mass is 32.2. The number of hydrogen-bond donors (Lipinski definition) is 1. The Hall–Kier alpha value is -2.80. The summed E-state index contributed by atoms with van der Waals surface area (Å²) >= 11 is 1.39. The van der Waals surface area contributed by atoms with Gasteiger partial charge < -0.3 is 14.8 Å². The van der Waals surface area contributed by atoms with Crippen LogP contribution in [-0.2, 0) is 11.2 Å². The van der Waals surface area contributed by atoms with Crippen molar-refractivity contribution in [2.24, 2.45) is 10.2 Å². The molecule has 0 spiro atoms. The second kappa shape index (κ2) is 9.23. The Balaban J connectivity index is 1.57. The second-order valence-electron chi connectivity index (χ2n) is 5.80. The molecule has 6 nitrogen and oxygen atoms in total. The van der Waals surface area contributed by atoms with E-state index in [0.29, 0.717) is 18.2 Å². The summed E-state index contributed by atoms with van der Waals surface area (Å²) in [5, 5.41) is 11.2. The normalized spacial score (nSPS) is 18.1. The van der Waals surface area contributed by atoms with Gasteiger partial charge in [0, 0.05) is 0 Å². The lowest BCUT2D eigenvalue weighted by atomic mass is 10.1. The third-order valence-corrected chi connectivity index (χ3v) is 4.98. The maximum absolute atomic E-state index is 12.2. The van der Waals surface area contributed by atoms with E-state index in [2.05, 4.69) is 15.5 Å². The minimum Gasteiger partial charge on any atom is -0.497 e. The zero-order valence-corrected chi connectivity index (χ0v) is 16.0. The summed E-state index contributed by atoms with van der Waals surface area (Å²) in [5.41, 5.74) is 1.98. The number of carbonyl (C=O) groups is 1. The van der Waals surface area contributed by atoms with Crippen molar-refractivity contribution >= 4 is 29.1 Å². The van der Waals surface area contributed by atoms with E-state index in [1.165, 1.54) is 11.8 Å². The second-order valence-corrected chi connectivity index (χ2v) is 6.99. The summed E-state index contributed by atoms with van der Waals surface area (Å²) in [4.78, 5) is 12.2. The SMILES string of the molecule is CCOc1ccc(C[C@H]2S/C(=N/N=C\c3ccc(OC)cc3)NC2=O)cc1. The molecule has 1 N–H and O–H groups in total. The van der Waals surface area contributed by atoms with Crippen LogP contribution >= 0.6 is 11.8 Å². The van der Waals surface area contributed by atoms with Gasteiger partial charge in [0.1, 0.15) is 11.5 Å². The molecule has 0 radical (unpaired) electrons. The molecule has 140 valence electrons. The van der Waals surface area contributed by atoms with Crippen molar-refractivity contribution in [2.75, 3.05) is 13.7 Å². The van der Waals surface area contributed by atoms with Crippen molar-refractivity contribution in [3.05, 3.63) is 59.7 Å². The smallest absolute Gasteiger partial charge is 0.239 e. The molecule has 0 aromatic heterocycles. The molecule has 1 aliphatic rings. The molecule has 1 atom stereocenters. The predicted molar refractivity (Wildman–Crippen MR) is 109 cm³/mol. The van der Waals surface area contributed by atoms with Crippen LogP contribution in [0.4, 0.5) is 0 Å². The van der Waals surface area contributed by atoms with Gasteiger partial charge in [-0.3, -0.25) is 4.79 Å². The van der Waals surface area contributed by atoms with Gasteiger partial charge in [0.2, 0.25) is 5.91 Å². The fraction of sp³-hybridized carbons (Fsp3) is 0.250. The van der Waals surface area contributed by atoms with Gasteiger partial charge >= 0.3 is 0 Å². The molecule has 1 saturated heterocycles. The van der Waals surface area contributed by atoms with Crippen LogP contribution in [0.3, 0.4) is 0 Å². The molecule has 2 aromatic carbocycles. The zero-order valence-electron chi connectivity index (χ0n) is 15.2. The van der Waals surface area contributed by atoms with Gasteiger partial charge in [-0.15, -0.1) is 5.10 Å². The molecule has 0 unspecified atom stereocenters. The molecule has 1 heterocycles. The molecule has 0 saturated carbocycles. The van der Waals surface area contributed by atoms with Crippen LogP contribution in [0, 0.1) is 0 Å². The largest absolute Gasteiger partial charge is 0.497 e. The quantitative estimate of drug-likeness (QED) is 0.588. The first-order valence-electron chi connectivity index (χ1n) is 8.62. The van der Waals surface area contributed by atoms with Crippen LogP contribution < -0.4 is 14.8 Å². The van der Waals surface area contributed by atoms with E-state index >= 15 is 0 Å². The van der Waals surface area contributed by atoms with Crippen molar-refractivity contribution in [2.45, 2.75) is 18.6 Å². The molecule has 27 heavy (non-hydrogen) atoms. The molecule has 1 fully saturated rings. The summed E-state index contributed by atoms with van der Waals surface area (Å²) in [7, 11) is 1.62. The lowest BCUT2D eigenvalue weighted by Gasteiger charge is -2.07. The van der Waals surface area contributed by atoms with Gasteiger partial charge in [-0.05, 0) is 60.9 Å². The van der Waals surface area contributed by atoms with Crippen LogP contribution in [0.2, 0.25) is 0 Å². The zero-order chi connectivity index (χ0) is 19.1. The first kappa shape index (κ1) is 19.0. The molecule has 0 aliphatic carbocycles. The van der Waals surface area contributed by atoms with Crippen LogP contribution in [0.25, 0.3) is 0 Å². The minimum absolute atomic E-state index is 0.0488. The first-order chi connectivity index (χ1) is 13.2. The van der Waals surface area contributed by atoms with Crippen molar-refractivity contribution in [1.29, 1.82) is 0 Å². The van der Waals surface area contributed by atoms with E-state index in [0.717, 1.165) is 22.6 Å². The number of carbonyl (C=O) groups excluding carboxylic acids is 1. The number of amidine groups is 1.